The number of amides is 1. The van der Waals surface area contributed by atoms with Crippen molar-refractivity contribution in [3.8, 4) is 0 Å². The molecule has 0 radical (unpaired) electrons. The molecule has 0 fully saturated rings. The molecule has 0 saturated carbocycles. The Hall–Kier alpha value is -0.610. The zero-order chi connectivity index (χ0) is 13.1. The van der Waals surface area contributed by atoms with Gasteiger partial charge in [0.25, 0.3) is 0 Å². The minimum absolute atomic E-state index is 0.0747. The summed E-state index contributed by atoms with van der Waals surface area (Å²) in [5.74, 6) is 0.806. The molecule has 1 atom stereocenters. The van der Waals surface area contributed by atoms with E-state index in [9.17, 15) is 4.79 Å². The summed E-state index contributed by atoms with van der Waals surface area (Å²) < 4.78 is 4.92. The predicted molar refractivity (Wildman–Crippen MR) is 71.0 cm³/mol. The number of nitrogens with one attached hydrogen (secondary N) is 2. The second-order valence-corrected chi connectivity index (χ2v) is 4.85. The van der Waals surface area contributed by atoms with Gasteiger partial charge in [0.1, 0.15) is 0 Å². The smallest absolute Gasteiger partial charge is 0.236 e. The molecule has 0 aromatic heterocycles. The topological polar surface area (TPSA) is 50.4 Å². The van der Waals surface area contributed by atoms with Gasteiger partial charge in [-0.3, -0.25) is 4.79 Å². The summed E-state index contributed by atoms with van der Waals surface area (Å²) in [4.78, 5) is 11.6. The Balaban J connectivity index is 3.47. The molecule has 4 heteroatoms. The van der Waals surface area contributed by atoms with Crippen LogP contribution in [0.25, 0.3) is 0 Å². The molecule has 1 unspecified atom stereocenters. The molecule has 0 aromatic carbocycles. The molecule has 0 aliphatic rings. The Bertz CT molecular complexity index is 196. The number of rotatable bonds is 10. The maximum atomic E-state index is 11.6. The fraction of sp³-hybridized carbons (Fsp3) is 0.923. The second-order valence-electron chi connectivity index (χ2n) is 4.85. The van der Waals surface area contributed by atoms with Gasteiger partial charge in [0.2, 0.25) is 5.91 Å². The van der Waals surface area contributed by atoms with Crippen molar-refractivity contribution in [1.82, 2.24) is 10.6 Å². The summed E-state index contributed by atoms with van der Waals surface area (Å²) in [5, 5.41) is 6.12. The van der Waals surface area contributed by atoms with E-state index in [1.165, 1.54) is 6.42 Å². The number of carbonyl (C=O) groups is 1. The number of carbonyl (C=O) groups excluding carboxylic acids is 1. The lowest BCUT2D eigenvalue weighted by Crippen LogP contribution is -2.43. The molecular weight excluding hydrogens is 216 g/mol. The molecule has 0 spiro atoms. The van der Waals surface area contributed by atoms with Gasteiger partial charge in [-0.05, 0) is 38.6 Å². The van der Waals surface area contributed by atoms with Crippen LogP contribution in [0.4, 0.5) is 0 Å². The maximum Gasteiger partial charge on any atom is 0.236 e. The van der Waals surface area contributed by atoms with Crippen LogP contribution in [0.2, 0.25) is 0 Å². The minimum atomic E-state index is -0.107. The third-order valence-electron chi connectivity index (χ3n) is 2.63. The Labute approximate surface area is 105 Å². The molecule has 0 saturated heterocycles. The molecule has 2 N–H and O–H groups in total. The van der Waals surface area contributed by atoms with Crippen LogP contribution in [0, 0.1) is 5.92 Å². The van der Waals surface area contributed by atoms with Gasteiger partial charge in [0.15, 0.2) is 0 Å². The lowest BCUT2D eigenvalue weighted by molar-refractivity contribution is -0.122. The molecular formula is C13H28N2O2. The number of ether oxygens (including phenoxy) is 1. The summed E-state index contributed by atoms with van der Waals surface area (Å²) in [6.45, 7) is 8.62. The van der Waals surface area contributed by atoms with E-state index in [-0.39, 0.29) is 11.9 Å². The number of hydrogen-bond acceptors (Lipinski definition) is 3. The van der Waals surface area contributed by atoms with Crippen LogP contribution in [-0.2, 0) is 9.53 Å². The van der Waals surface area contributed by atoms with E-state index in [4.69, 9.17) is 4.74 Å². The Morgan fingerprint density at radius 1 is 1.18 bits per heavy atom. The standard InChI is InChI=1S/C13H28N2O2/c1-11(2)7-5-8-14-12(3)13(16)15-9-6-10-17-4/h11-12,14H,5-10H2,1-4H3,(H,15,16). The number of hydrogen-bond donors (Lipinski definition) is 2. The van der Waals surface area contributed by atoms with Crippen LogP contribution < -0.4 is 10.6 Å². The summed E-state index contributed by atoms with van der Waals surface area (Å²) in [6, 6.07) is -0.107. The molecule has 0 heterocycles. The highest BCUT2D eigenvalue weighted by atomic mass is 16.5. The van der Waals surface area contributed by atoms with E-state index >= 15 is 0 Å². The summed E-state index contributed by atoms with van der Waals surface area (Å²) in [7, 11) is 1.67. The van der Waals surface area contributed by atoms with Crippen molar-refractivity contribution < 1.29 is 9.53 Å². The zero-order valence-electron chi connectivity index (χ0n) is 11.7. The molecule has 0 rings (SSSR count). The van der Waals surface area contributed by atoms with Crippen LogP contribution in [0.5, 0.6) is 0 Å². The first-order valence-electron chi connectivity index (χ1n) is 6.58. The van der Waals surface area contributed by atoms with Crippen LogP contribution in [-0.4, -0.2) is 38.8 Å². The maximum absolute atomic E-state index is 11.6. The van der Waals surface area contributed by atoms with Crippen molar-refractivity contribution in [3.05, 3.63) is 0 Å². The van der Waals surface area contributed by atoms with Crippen LogP contribution in [0.15, 0.2) is 0 Å². The van der Waals surface area contributed by atoms with Crippen molar-refractivity contribution in [2.45, 2.75) is 46.1 Å². The number of methoxy groups -OCH3 is 1. The lowest BCUT2D eigenvalue weighted by atomic mass is 10.1. The monoisotopic (exact) mass is 244 g/mol. The van der Waals surface area contributed by atoms with E-state index in [0.29, 0.717) is 13.2 Å². The predicted octanol–water partition coefficient (Wildman–Crippen LogP) is 1.55. The van der Waals surface area contributed by atoms with E-state index in [0.717, 1.165) is 25.3 Å². The summed E-state index contributed by atoms with van der Waals surface area (Å²) in [5.41, 5.74) is 0. The van der Waals surface area contributed by atoms with Crippen molar-refractivity contribution in [1.29, 1.82) is 0 Å². The normalized spacial score (nSPS) is 12.8. The van der Waals surface area contributed by atoms with Crippen LogP contribution in [0.3, 0.4) is 0 Å². The molecule has 0 aromatic rings. The summed E-state index contributed by atoms with van der Waals surface area (Å²) in [6.07, 6.45) is 3.19. The molecule has 1 amide bonds. The summed E-state index contributed by atoms with van der Waals surface area (Å²) >= 11 is 0. The van der Waals surface area contributed by atoms with Gasteiger partial charge < -0.3 is 15.4 Å². The molecule has 0 aliphatic heterocycles. The minimum Gasteiger partial charge on any atom is -0.385 e. The molecule has 17 heavy (non-hydrogen) atoms. The van der Waals surface area contributed by atoms with Crippen LogP contribution >= 0.6 is 0 Å². The van der Waals surface area contributed by atoms with Crippen molar-refractivity contribution in [3.63, 3.8) is 0 Å². The van der Waals surface area contributed by atoms with Gasteiger partial charge in [0, 0.05) is 20.3 Å². The van der Waals surface area contributed by atoms with Gasteiger partial charge >= 0.3 is 0 Å². The highest BCUT2D eigenvalue weighted by Gasteiger charge is 2.10. The third-order valence-corrected chi connectivity index (χ3v) is 2.63. The quantitative estimate of drug-likeness (QED) is 0.573. The van der Waals surface area contributed by atoms with E-state index in [2.05, 4.69) is 24.5 Å². The lowest BCUT2D eigenvalue weighted by Gasteiger charge is -2.14. The molecule has 102 valence electrons. The average molecular weight is 244 g/mol. The molecule has 0 bridgehead atoms. The molecule has 4 nitrogen and oxygen atoms in total. The van der Waals surface area contributed by atoms with Crippen molar-refractivity contribution in [2.24, 2.45) is 5.92 Å². The molecule has 0 aliphatic carbocycles. The fourth-order valence-electron chi connectivity index (χ4n) is 1.50. The highest BCUT2D eigenvalue weighted by molar-refractivity contribution is 5.81. The van der Waals surface area contributed by atoms with Crippen molar-refractivity contribution >= 4 is 5.91 Å². The third kappa shape index (κ3) is 10.3. The first-order valence-corrected chi connectivity index (χ1v) is 6.58. The SMILES string of the molecule is COCCCNC(=O)C(C)NCCCC(C)C. The van der Waals surface area contributed by atoms with Gasteiger partial charge in [-0.2, -0.15) is 0 Å². The van der Waals surface area contributed by atoms with Gasteiger partial charge in [-0.25, -0.2) is 0 Å². The van der Waals surface area contributed by atoms with E-state index in [1.54, 1.807) is 7.11 Å². The first kappa shape index (κ1) is 16.4. The highest BCUT2D eigenvalue weighted by Crippen LogP contribution is 2.01. The van der Waals surface area contributed by atoms with Gasteiger partial charge in [0.05, 0.1) is 6.04 Å². The van der Waals surface area contributed by atoms with Gasteiger partial charge in [-0.15, -0.1) is 0 Å². The van der Waals surface area contributed by atoms with Gasteiger partial charge in [-0.1, -0.05) is 13.8 Å². The average Bonchev–Trinajstić information content (AvgIpc) is 2.29. The second kappa shape index (κ2) is 10.5. The fourth-order valence-corrected chi connectivity index (χ4v) is 1.50. The Morgan fingerprint density at radius 3 is 2.47 bits per heavy atom. The van der Waals surface area contributed by atoms with E-state index in [1.807, 2.05) is 6.92 Å². The zero-order valence-corrected chi connectivity index (χ0v) is 11.7. The Morgan fingerprint density at radius 2 is 1.88 bits per heavy atom. The first-order chi connectivity index (χ1) is 8.07. The van der Waals surface area contributed by atoms with Crippen LogP contribution in [0.1, 0.15) is 40.0 Å². The van der Waals surface area contributed by atoms with Crippen molar-refractivity contribution in [2.75, 3.05) is 26.8 Å². The van der Waals surface area contributed by atoms with E-state index < -0.39 is 0 Å². The Kier molecular flexibility index (Phi) is 10.2. The largest absolute Gasteiger partial charge is 0.385 e.